The van der Waals surface area contributed by atoms with Gasteiger partial charge in [0, 0.05) is 64.4 Å². The summed E-state index contributed by atoms with van der Waals surface area (Å²) < 4.78 is 40.4. The van der Waals surface area contributed by atoms with Crippen LogP contribution in [-0.2, 0) is 10.0 Å². The van der Waals surface area contributed by atoms with Crippen molar-refractivity contribution in [3.63, 3.8) is 0 Å². The van der Waals surface area contributed by atoms with Gasteiger partial charge < -0.3 is 15.1 Å². The van der Waals surface area contributed by atoms with Crippen LogP contribution in [0.25, 0.3) is 0 Å². The predicted octanol–water partition coefficient (Wildman–Crippen LogP) is 1.52. The third-order valence-electron chi connectivity index (χ3n) is 4.99. The van der Waals surface area contributed by atoms with Crippen molar-refractivity contribution in [2.24, 2.45) is 4.99 Å². The van der Waals surface area contributed by atoms with Crippen molar-refractivity contribution in [2.45, 2.75) is 0 Å². The van der Waals surface area contributed by atoms with E-state index in [2.05, 4.69) is 15.2 Å². The third kappa shape index (κ3) is 6.59. The maximum atomic E-state index is 14.0. The fraction of sp³-hybridized carbons (Fsp3) is 0.611. The number of para-hydroxylation sites is 1. The number of anilines is 1. The molecule has 1 aromatic carbocycles. The molecule has 164 valence electrons. The van der Waals surface area contributed by atoms with Crippen LogP contribution in [0, 0.1) is 5.82 Å². The number of hydrogen-bond acceptors (Lipinski definition) is 5. The average Bonchev–Trinajstić information content (AvgIpc) is 2.72. The first-order valence-corrected chi connectivity index (χ1v) is 12.3. The lowest BCUT2D eigenvalue weighted by molar-refractivity contribution is 0.371. The Kier molecular flexibility index (Phi) is 9.76. The Morgan fingerprint density at radius 3 is 2.41 bits per heavy atom. The highest BCUT2D eigenvalue weighted by Gasteiger charge is 2.25. The number of guanidine groups is 1. The number of aliphatic imine (C=N–C) groups is 1. The minimum Gasteiger partial charge on any atom is -0.366 e. The van der Waals surface area contributed by atoms with Gasteiger partial charge >= 0.3 is 0 Å². The third-order valence-corrected chi connectivity index (χ3v) is 7.81. The molecule has 1 aromatic rings. The molecule has 0 spiro atoms. The summed E-state index contributed by atoms with van der Waals surface area (Å²) in [4.78, 5) is 8.40. The summed E-state index contributed by atoms with van der Waals surface area (Å²) in [5.74, 6) is 2.27. The summed E-state index contributed by atoms with van der Waals surface area (Å²) in [7, 11) is -1.54. The van der Waals surface area contributed by atoms with E-state index in [1.54, 1.807) is 35.2 Å². The first kappa shape index (κ1) is 24.5. The molecule has 7 nitrogen and oxygen atoms in total. The molecule has 0 bridgehead atoms. The Morgan fingerprint density at radius 2 is 1.79 bits per heavy atom. The lowest BCUT2D eigenvalue weighted by Gasteiger charge is -2.37. The average molecular weight is 557 g/mol. The van der Waals surface area contributed by atoms with Crippen LogP contribution in [0.5, 0.6) is 0 Å². The van der Waals surface area contributed by atoms with Crippen LogP contribution in [0.4, 0.5) is 10.1 Å². The molecule has 0 unspecified atom stereocenters. The van der Waals surface area contributed by atoms with E-state index in [9.17, 15) is 12.8 Å². The molecule has 0 aromatic heterocycles. The van der Waals surface area contributed by atoms with Gasteiger partial charge in [-0.1, -0.05) is 12.1 Å². The van der Waals surface area contributed by atoms with E-state index >= 15 is 0 Å². The molecule has 3 rings (SSSR count). The van der Waals surface area contributed by atoms with Crippen LogP contribution in [0.3, 0.4) is 0 Å². The highest BCUT2D eigenvalue weighted by Crippen LogP contribution is 2.20. The zero-order chi connectivity index (χ0) is 20.0. The molecule has 2 aliphatic heterocycles. The van der Waals surface area contributed by atoms with E-state index in [0.717, 1.165) is 11.5 Å². The van der Waals surface area contributed by atoms with Gasteiger partial charge in [-0.3, -0.25) is 4.99 Å². The van der Waals surface area contributed by atoms with Crippen LogP contribution >= 0.6 is 35.7 Å². The number of rotatable bonds is 5. The molecule has 29 heavy (non-hydrogen) atoms. The quantitative estimate of drug-likeness (QED) is 0.337. The van der Waals surface area contributed by atoms with Gasteiger partial charge in [0.25, 0.3) is 0 Å². The largest absolute Gasteiger partial charge is 0.366 e. The second-order valence-electron chi connectivity index (χ2n) is 6.73. The summed E-state index contributed by atoms with van der Waals surface area (Å²) in [6.07, 6.45) is 0. The van der Waals surface area contributed by atoms with Crippen LogP contribution in [0.1, 0.15) is 0 Å². The maximum Gasteiger partial charge on any atom is 0.215 e. The standard InChI is InChI=1S/C18H28FN5O2S2.HI/c1-20-18(21-6-15-28(25,26)24-11-13-27-14-12-24)23-9-7-22(8-10-23)17-5-3-2-4-16(17)19;/h2-5H,6-15H2,1H3,(H,20,21);1H. The van der Waals surface area contributed by atoms with Crippen LogP contribution in [0.2, 0.25) is 0 Å². The minimum absolute atomic E-state index is 0. The first-order valence-electron chi connectivity index (χ1n) is 9.52. The number of hydrogen-bond donors (Lipinski definition) is 1. The molecular weight excluding hydrogens is 528 g/mol. The summed E-state index contributed by atoms with van der Waals surface area (Å²) in [6, 6.07) is 6.80. The number of benzene rings is 1. The predicted molar refractivity (Wildman–Crippen MR) is 130 cm³/mol. The Hall–Kier alpha value is -0.790. The topological polar surface area (TPSA) is 68.2 Å². The number of piperazine rings is 1. The van der Waals surface area contributed by atoms with Gasteiger partial charge in [-0.05, 0) is 12.1 Å². The normalized spacial score (nSPS) is 19.0. The fourth-order valence-corrected chi connectivity index (χ4v) is 5.94. The van der Waals surface area contributed by atoms with Crippen molar-refractivity contribution >= 4 is 57.4 Å². The molecule has 0 amide bonds. The van der Waals surface area contributed by atoms with Crippen molar-refractivity contribution in [3.8, 4) is 0 Å². The van der Waals surface area contributed by atoms with Gasteiger partial charge in [0.15, 0.2) is 5.96 Å². The van der Waals surface area contributed by atoms with Gasteiger partial charge in [-0.2, -0.15) is 11.8 Å². The van der Waals surface area contributed by atoms with Gasteiger partial charge in [0.2, 0.25) is 10.0 Å². The molecule has 2 fully saturated rings. The van der Waals surface area contributed by atoms with Crippen LogP contribution in [-0.4, -0.2) is 93.7 Å². The van der Waals surface area contributed by atoms with Crippen molar-refractivity contribution in [3.05, 3.63) is 30.1 Å². The summed E-state index contributed by atoms with van der Waals surface area (Å²) in [5.41, 5.74) is 0.621. The number of halogens is 2. The summed E-state index contributed by atoms with van der Waals surface area (Å²) in [6.45, 7) is 4.29. The minimum atomic E-state index is -3.23. The van der Waals surface area contributed by atoms with Crippen molar-refractivity contribution < 1.29 is 12.8 Å². The van der Waals surface area contributed by atoms with Gasteiger partial charge in [-0.15, -0.1) is 24.0 Å². The molecule has 2 saturated heterocycles. The van der Waals surface area contributed by atoms with E-state index in [-0.39, 0.29) is 35.5 Å². The summed E-state index contributed by atoms with van der Waals surface area (Å²) in [5, 5.41) is 3.17. The number of thioether (sulfide) groups is 1. The first-order chi connectivity index (χ1) is 13.5. The second-order valence-corrected chi connectivity index (χ2v) is 10.0. The zero-order valence-corrected chi connectivity index (χ0v) is 20.6. The van der Waals surface area contributed by atoms with Crippen molar-refractivity contribution in [2.75, 3.05) is 75.0 Å². The lowest BCUT2D eigenvalue weighted by atomic mass is 10.2. The lowest BCUT2D eigenvalue weighted by Crippen LogP contribution is -2.53. The van der Waals surface area contributed by atoms with E-state index in [1.165, 1.54) is 6.07 Å². The molecular formula is C18H29FIN5O2S2. The Labute approximate surface area is 194 Å². The molecule has 2 heterocycles. The Bertz CT molecular complexity index is 782. The van der Waals surface area contributed by atoms with Crippen molar-refractivity contribution in [1.29, 1.82) is 0 Å². The second kappa shape index (κ2) is 11.6. The molecule has 2 aliphatic rings. The molecule has 1 N–H and O–H groups in total. The monoisotopic (exact) mass is 557 g/mol. The number of nitrogens with one attached hydrogen (secondary N) is 1. The van der Waals surface area contributed by atoms with E-state index < -0.39 is 10.0 Å². The molecule has 11 heteroatoms. The van der Waals surface area contributed by atoms with Gasteiger partial charge in [-0.25, -0.2) is 17.1 Å². The Balaban J connectivity index is 0.00000300. The molecule has 0 saturated carbocycles. The fourth-order valence-electron chi connectivity index (χ4n) is 3.45. The Morgan fingerprint density at radius 1 is 1.14 bits per heavy atom. The molecule has 0 aliphatic carbocycles. The smallest absolute Gasteiger partial charge is 0.215 e. The number of sulfonamides is 1. The van der Waals surface area contributed by atoms with Gasteiger partial charge in [0.1, 0.15) is 5.82 Å². The maximum absolute atomic E-state index is 14.0. The van der Waals surface area contributed by atoms with Crippen LogP contribution < -0.4 is 10.2 Å². The number of nitrogens with zero attached hydrogens (tertiary/aromatic N) is 4. The molecule has 0 atom stereocenters. The van der Waals surface area contributed by atoms with E-state index in [4.69, 9.17) is 0 Å². The van der Waals surface area contributed by atoms with Crippen LogP contribution in [0.15, 0.2) is 29.3 Å². The van der Waals surface area contributed by atoms with Crippen molar-refractivity contribution in [1.82, 2.24) is 14.5 Å². The summed E-state index contributed by atoms with van der Waals surface area (Å²) >= 11 is 1.79. The van der Waals surface area contributed by atoms with E-state index in [1.807, 2.05) is 11.0 Å². The zero-order valence-electron chi connectivity index (χ0n) is 16.6. The molecule has 0 radical (unpaired) electrons. The SMILES string of the molecule is CN=C(NCCS(=O)(=O)N1CCSCC1)N1CCN(c2ccccc2F)CC1.I. The van der Waals surface area contributed by atoms with E-state index in [0.29, 0.717) is 57.5 Å². The highest BCUT2D eigenvalue weighted by atomic mass is 127. The highest BCUT2D eigenvalue weighted by molar-refractivity contribution is 14.0. The van der Waals surface area contributed by atoms with Gasteiger partial charge in [0.05, 0.1) is 11.4 Å².